The molecule has 242 valence electrons. The van der Waals surface area contributed by atoms with Crippen LogP contribution in [-0.2, 0) is 0 Å². The molecule has 13 heteroatoms. The maximum absolute atomic E-state index is 15.0. The molecular formula is C34H23F10NSi2. The van der Waals surface area contributed by atoms with Crippen LogP contribution in [0, 0.1) is 58.2 Å². The van der Waals surface area contributed by atoms with Gasteiger partial charge in [-0.15, -0.1) is 0 Å². The number of rotatable bonds is 5. The highest BCUT2D eigenvalue weighted by Crippen LogP contribution is 2.33. The zero-order valence-electron chi connectivity index (χ0n) is 25.1. The molecule has 47 heavy (non-hydrogen) atoms. The highest BCUT2D eigenvalue weighted by atomic mass is 28.3. The SMILES string of the molecule is C[Si](C)(c1ccc2c(c1)c1cc([Si](C)(C)c3c(F)c(F)c(F)c(F)c3F)ccc1n2-c1ccccc1)c1c(F)c(F)c(F)c(F)c1F. The molecule has 0 saturated heterocycles. The summed E-state index contributed by atoms with van der Waals surface area (Å²) in [5.41, 5.74) is 1.84. The van der Waals surface area contributed by atoms with E-state index in [2.05, 4.69) is 0 Å². The number of fused-ring (bicyclic) bond motifs is 3. The average Bonchev–Trinajstić information content (AvgIpc) is 3.38. The largest absolute Gasteiger partial charge is 0.309 e. The molecule has 0 fully saturated rings. The first-order valence-corrected chi connectivity index (χ1v) is 20.2. The lowest BCUT2D eigenvalue weighted by Gasteiger charge is -2.26. The quantitative estimate of drug-likeness (QED) is 0.0753. The monoisotopic (exact) mass is 691 g/mol. The lowest BCUT2D eigenvalue weighted by molar-refractivity contribution is 0.383. The lowest BCUT2D eigenvalue weighted by atomic mass is 10.1. The number of hydrogen-bond donors (Lipinski definition) is 0. The zero-order chi connectivity index (χ0) is 34.3. The maximum atomic E-state index is 15.0. The molecule has 1 heterocycles. The van der Waals surface area contributed by atoms with E-state index in [0.29, 0.717) is 37.9 Å². The van der Waals surface area contributed by atoms with Gasteiger partial charge in [-0.05, 0) is 24.3 Å². The minimum absolute atomic E-state index is 0.307. The molecular weight excluding hydrogens is 669 g/mol. The Morgan fingerprint density at radius 1 is 0.404 bits per heavy atom. The van der Waals surface area contributed by atoms with Gasteiger partial charge in [0.25, 0.3) is 0 Å². The molecule has 1 aromatic heterocycles. The Balaban J connectivity index is 1.65. The van der Waals surface area contributed by atoms with Gasteiger partial charge in [-0.2, -0.15) is 0 Å². The van der Waals surface area contributed by atoms with Gasteiger partial charge < -0.3 is 4.57 Å². The summed E-state index contributed by atoms with van der Waals surface area (Å²) >= 11 is 0. The van der Waals surface area contributed by atoms with E-state index in [1.807, 2.05) is 16.7 Å². The Hall–Kier alpha value is -4.37. The van der Waals surface area contributed by atoms with Crippen LogP contribution in [-0.4, -0.2) is 20.7 Å². The summed E-state index contributed by atoms with van der Waals surface area (Å²) < 4.78 is 147. The molecule has 0 N–H and O–H groups in total. The minimum atomic E-state index is -3.66. The zero-order valence-corrected chi connectivity index (χ0v) is 27.1. The van der Waals surface area contributed by atoms with Crippen molar-refractivity contribution in [2.75, 3.05) is 0 Å². The number of para-hydroxylation sites is 1. The van der Waals surface area contributed by atoms with Crippen molar-refractivity contribution in [3.05, 3.63) is 125 Å². The second-order valence-electron chi connectivity index (χ2n) is 12.3. The van der Waals surface area contributed by atoms with Gasteiger partial charge >= 0.3 is 0 Å². The Labute approximate surface area is 263 Å². The summed E-state index contributed by atoms with van der Waals surface area (Å²) in [5, 5.41) is -0.255. The second kappa shape index (κ2) is 11.1. The van der Waals surface area contributed by atoms with Crippen LogP contribution in [0.5, 0.6) is 0 Å². The molecule has 5 aromatic carbocycles. The van der Waals surface area contributed by atoms with Gasteiger partial charge in [0.2, 0.25) is 11.6 Å². The smallest absolute Gasteiger partial charge is 0.200 e. The molecule has 0 aliphatic rings. The predicted octanol–water partition coefficient (Wildman–Crippen LogP) is 7.82. The van der Waals surface area contributed by atoms with E-state index < -0.39 is 84.7 Å². The molecule has 0 amide bonds. The van der Waals surface area contributed by atoms with Gasteiger partial charge in [-0.3, -0.25) is 0 Å². The number of halogens is 10. The van der Waals surface area contributed by atoms with Gasteiger partial charge in [0.05, 0.1) is 11.0 Å². The summed E-state index contributed by atoms with van der Waals surface area (Å²) in [6.07, 6.45) is 0. The first-order chi connectivity index (χ1) is 22.0. The summed E-state index contributed by atoms with van der Waals surface area (Å²) in [5.74, 6) is -20.4. The highest BCUT2D eigenvalue weighted by Gasteiger charge is 2.40. The third-order valence-corrected chi connectivity index (χ3v) is 15.8. The standard InChI is InChI=1S/C34H23F10NSi2/c1-46(2,33-29(41)25(37)23(35)26(38)30(33)42)17-10-12-21-19(14-17)20-15-18(11-13-22(20)45(21)16-8-6-5-7-9-16)47(3,4)34-31(43)27(39)24(36)28(40)32(34)44/h5-15H,1-4H3. The summed E-state index contributed by atoms with van der Waals surface area (Å²) in [6, 6.07) is 18.5. The van der Waals surface area contributed by atoms with Gasteiger partial charge in [0, 0.05) is 26.8 Å². The van der Waals surface area contributed by atoms with Crippen LogP contribution in [0.4, 0.5) is 43.9 Å². The summed E-state index contributed by atoms with van der Waals surface area (Å²) in [4.78, 5) is 0. The van der Waals surface area contributed by atoms with E-state index in [1.165, 1.54) is 26.2 Å². The number of benzene rings is 5. The van der Waals surface area contributed by atoms with E-state index in [4.69, 9.17) is 0 Å². The van der Waals surface area contributed by atoms with Gasteiger partial charge in [-0.1, -0.05) is 79.0 Å². The van der Waals surface area contributed by atoms with E-state index in [0.717, 1.165) is 0 Å². The topological polar surface area (TPSA) is 4.93 Å². The van der Waals surface area contributed by atoms with Crippen LogP contribution in [0.3, 0.4) is 0 Å². The van der Waals surface area contributed by atoms with Crippen molar-refractivity contribution in [3.63, 3.8) is 0 Å². The van der Waals surface area contributed by atoms with Crippen LogP contribution in [0.1, 0.15) is 0 Å². The number of hydrogen-bond acceptors (Lipinski definition) is 0. The fraction of sp³-hybridized carbons (Fsp3) is 0.118. The second-order valence-corrected chi connectivity index (χ2v) is 20.9. The van der Waals surface area contributed by atoms with Crippen molar-refractivity contribution in [1.82, 2.24) is 4.57 Å². The first kappa shape index (κ1) is 32.6. The van der Waals surface area contributed by atoms with Crippen LogP contribution < -0.4 is 20.7 Å². The van der Waals surface area contributed by atoms with Crippen LogP contribution in [0.15, 0.2) is 66.7 Å². The summed E-state index contributed by atoms with van der Waals surface area (Å²) in [7, 11) is -7.31. The molecule has 0 radical (unpaired) electrons. The summed E-state index contributed by atoms with van der Waals surface area (Å²) in [6.45, 7) is 5.75. The van der Waals surface area contributed by atoms with Crippen molar-refractivity contribution >= 4 is 58.7 Å². The molecule has 0 bridgehead atoms. The van der Waals surface area contributed by atoms with Gasteiger partial charge in [0.15, 0.2) is 46.5 Å². The van der Waals surface area contributed by atoms with Gasteiger partial charge in [-0.25, -0.2) is 43.9 Å². The molecule has 6 rings (SSSR count). The molecule has 1 nitrogen and oxygen atoms in total. The molecule has 0 unspecified atom stereocenters. The Morgan fingerprint density at radius 3 is 1.06 bits per heavy atom. The Morgan fingerprint density at radius 2 is 0.723 bits per heavy atom. The van der Waals surface area contributed by atoms with E-state index in [9.17, 15) is 26.3 Å². The third-order valence-electron chi connectivity index (χ3n) is 8.89. The Bertz CT molecular complexity index is 2070. The first-order valence-electron chi connectivity index (χ1n) is 14.2. The van der Waals surface area contributed by atoms with Crippen LogP contribution in [0.25, 0.3) is 27.5 Å². The molecule has 0 aliphatic heterocycles. The predicted molar refractivity (Wildman–Crippen MR) is 167 cm³/mol. The molecule has 0 atom stereocenters. The highest BCUT2D eigenvalue weighted by molar-refractivity contribution is 7.01. The fourth-order valence-corrected chi connectivity index (χ4v) is 11.5. The molecule has 0 spiro atoms. The normalized spacial score (nSPS) is 12.5. The van der Waals surface area contributed by atoms with Crippen molar-refractivity contribution in [3.8, 4) is 5.69 Å². The fourth-order valence-electron chi connectivity index (χ4n) is 6.25. The average molecular weight is 692 g/mol. The van der Waals surface area contributed by atoms with Crippen molar-refractivity contribution in [2.24, 2.45) is 0 Å². The van der Waals surface area contributed by atoms with E-state index >= 15 is 17.6 Å². The number of aromatic nitrogens is 1. The van der Waals surface area contributed by atoms with Crippen molar-refractivity contribution in [2.45, 2.75) is 26.2 Å². The van der Waals surface area contributed by atoms with Crippen molar-refractivity contribution < 1.29 is 43.9 Å². The lowest BCUT2D eigenvalue weighted by Crippen LogP contribution is -2.56. The minimum Gasteiger partial charge on any atom is -0.309 e. The number of nitrogens with zero attached hydrogens (tertiary/aromatic N) is 1. The maximum Gasteiger partial charge on any atom is 0.200 e. The third kappa shape index (κ3) is 4.73. The van der Waals surface area contributed by atoms with E-state index in [1.54, 1.807) is 54.6 Å². The molecule has 0 aliphatic carbocycles. The van der Waals surface area contributed by atoms with Crippen LogP contribution in [0.2, 0.25) is 26.2 Å². The van der Waals surface area contributed by atoms with Crippen molar-refractivity contribution in [1.29, 1.82) is 0 Å². The van der Waals surface area contributed by atoms with E-state index in [-0.39, 0.29) is 0 Å². The molecule has 0 saturated carbocycles. The van der Waals surface area contributed by atoms with Gasteiger partial charge in [0.1, 0.15) is 16.1 Å². The van der Waals surface area contributed by atoms with Crippen LogP contribution >= 0.6 is 0 Å². The Kier molecular flexibility index (Phi) is 7.70. The molecule has 6 aromatic rings.